The Bertz CT molecular complexity index is 820. The number of nitrogens with zero attached hydrogens (tertiary/aromatic N) is 1. The molecule has 1 aliphatic heterocycles. The van der Waals surface area contributed by atoms with E-state index in [-0.39, 0.29) is 42.4 Å². The molecule has 0 amide bonds. The van der Waals surface area contributed by atoms with Crippen molar-refractivity contribution in [2.75, 3.05) is 13.1 Å². The number of halogens is 3. The zero-order chi connectivity index (χ0) is 16.6. The van der Waals surface area contributed by atoms with Crippen LogP contribution in [0.3, 0.4) is 0 Å². The summed E-state index contributed by atoms with van der Waals surface area (Å²) < 4.78 is 40.7. The fourth-order valence-corrected chi connectivity index (χ4v) is 5.29. The van der Waals surface area contributed by atoms with Gasteiger partial charge < -0.3 is 5.73 Å². The Hall–Kier alpha value is -0.990. The van der Waals surface area contributed by atoms with Crippen LogP contribution >= 0.6 is 28.3 Å². The van der Waals surface area contributed by atoms with Crippen LogP contribution in [0.5, 0.6) is 0 Å². The maximum absolute atomic E-state index is 13.5. The molecule has 0 spiro atoms. The topological polar surface area (TPSA) is 63.4 Å². The monoisotopic (exact) mass is 434 g/mol. The first-order valence-corrected chi connectivity index (χ1v) is 9.38. The van der Waals surface area contributed by atoms with Crippen LogP contribution in [0.15, 0.2) is 57.9 Å². The molecule has 0 unspecified atom stereocenters. The first-order chi connectivity index (χ1) is 10.9. The molecule has 0 aliphatic carbocycles. The second kappa shape index (κ2) is 7.49. The molecular formula is C16H17BrClFN2O2S. The summed E-state index contributed by atoms with van der Waals surface area (Å²) in [4.78, 5) is -0.0709. The molecule has 24 heavy (non-hydrogen) atoms. The predicted octanol–water partition coefficient (Wildman–Crippen LogP) is 3.13. The summed E-state index contributed by atoms with van der Waals surface area (Å²) in [6, 6.07) is 12.9. The summed E-state index contributed by atoms with van der Waals surface area (Å²) in [5.74, 6) is -0.659. The van der Waals surface area contributed by atoms with Crippen LogP contribution in [-0.4, -0.2) is 31.9 Å². The van der Waals surface area contributed by atoms with Gasteiger partial charge in [-0.1, -0.05) is 30.3 Å². The molecule has 2 aromatic rings. The first kappa shape index (κ1) is 19.3. The summed E-state index contributed by atoms with van der Waals surface area (Å²) in [7, 11) is -3.80. The average Bonchev–Trinajstić information content (AvgIpc) is 2.93. The molecule has 2 N–H and O–H groups in total. The summed E-state index contributed by atoms with van der Waals surface area (Å²) >= 11 is 3.18. The molecule has 0 radical (unpaired) electrons. The van der Waals surface area contributed by atoms with Crippen LogP contribution in [0.4, 0.5) is 4.39 Å². The molecule has 2 aromatic carbocycles. The Labute approximate surface area is 155 Å². The van der Waals surface area contributed by atoms with Gasteiger partial charge in [0.25, 0.3) is 0 Å². The van der Waals surface area contributed by atoms with Crippen molar-refractivity contribution in [1.29, 1.82) is 0 Å². The van der Waals surface area contributed by atoms with Gasteiger partial charge in [-0.15, -0.1) is 12.4 Å². The van der Waals surface area contributed by atoms with Gasteiger partial charge in [0.2, 0.25) is 10.0 Å². The number of hydrogen-bond acceptors (Lipinski definition) is 3. The van der Waals surface area contributed by atoms with Crippen LogP contribution in [0.1, 0.15) is 11.5 Å². The van der Waals surface area contributed by atoms with Gasteiger partial charge in [-0.25, -0.2) is 12.8 Å². The molecular weight excluding hydrogens is 419 g/mol. The lowest BCUT2D eigenvalue weighted by Crippen LogP contribution is -2.32. The molecule has 8 heteroatoms. The highest BCUT2D eigenvalue weighted by Gasteiger charge is 2.39. The molecule has 1 heterocycles. The van der Waals surface area contributed by atoms with Gasteiger partial charge in [-0.05, 0) is 39.7 Å². The van der Waals surface area contributed by atoms with E-state index in [1.807, 2.05) is 30.3 Å². The Balaban J connectivity index is 0.00000208. The molecule has 0 aromatic heterocycles. The number of hydrogen-bond donors (Lipinski definition) is 1. The van der Waals surface area contributed by atoms with E-state index >= 15 is 0 Å². The summed E-state index contributed by atoms with van der Waals surface area (Å²) in [6.45, 7) is 0.501. The van der Waals surface area contributed by atoms with Crippen LogP contribution in [-0.2, 0) is 10.0 Å². The lowest BCUT2D eigenvalue weighted by molar-refractivity contribution is 0.469. The van der Waals surface area contributed by atoms with Crippen molar-refractivity contribution in [3.8, 4) is 0 Å². The van der Waals surface area contributed by atoms with Gasteiger partial charge in [-0.3, -0.25) is 0 Å². The highest BCUT2D eigenvalue weighted by atomic mass is 79.9. The van der Waals surface area contributed by atoms with E-state index in [2.05, 4.69) is 15.9 Å². The van der Waals surface area contributed by atoms with E-state index < -0.39 is 15.8 Å². The van der Waals surface area contributed by atoms with E-state index in [0.717, 1.165) is 11.6 Å². The molecule has 1 fully saturated rings. The molecule has 1 aliphatic rings. The van der Waals surface area contributed by atoms with Crippen molar-refractivity contribution in [2.45, 2.75) is 16.9 Å². The molecule has 130 valence electrons. The molecule has 0 saturated carbocycles. The minimum Gasteiger partial charge on any atom is -0.326 e. The maximum atomic E-state index is 13.5. The van der Waals surface area contributed by atoms with Crippen molar-refractivity contribution in [1.82, 2.24) is 4.31 Å². The molecule has 3 rings (SSSR count). The van der Waals surface area contributed by atoms with Gasteiger partial charge in [0, 0.05) is 29.5 Å². The molecule has 4 nitrogen and oxygen atoms in total. The number of rotatable bonds is 3. The standard InChI is InChI=1S/C16H16BrFN2O2S.ClH/c17-14-7-6-12(18)8-16(14)23(21,22)20-9-13(15(19)10-20)11-4-2-1-3-5-11;/h1-8,13,15H,9-10,19H2;1H/t13-,15+;/m0./s1. The minimum absolute atomic E-state index is 0. The summed E-state index contributed by atoms with van der Waals surface area (Å²) in [6.07, 6.45) is 0. The number of sulfonamides is 1. The lowest BCUT2D eigenvalue weighted by atomic mass is 9.95. The predicted molar refractivity (Wildman–Crippen MR) is 97.3 cm³/mol. The van der Waals surface area contributed by atoms with Crippen LogP contribution in [0.2, 0.25) is 0 Å². The van der Waals surface area contributed by atoms with Crippen molar-refractivity contribution in [2.24, 2.45) is 5.73 Å². The molecule has 0 bridgehead atoms. The first-order valence-electron chi connectivity index (χ1n) is 7.15. The Morgan fingerprint density at radius 3 is 2.46 bits per heavy atom. The second-order valence-electron chi connectivity index (χ2n) is 5.58. The van der Waals surface area contributed by atoms with E-state index in [0.29, 0.717) is 4.47 Å². The van der Waals surface area contributed by atoms with Crippen LogP contribution in [0.25, 0.3) is 0 Å². The zero-order valence-electron chi connectivity index (χ0n) is 12.6. The zero-order valence-corrected chi connectivity index (χ0v) is 15.8. The van der Waals surface area contributed by atoms with E-state index in [1.165, 1.54) is 16.4 Å². The maximum Gasteiger partial charge on any atom is 0.244 e. The fourth-order valence-electron chi connectivity index (χ4n) is 2.85. The van der Waals surface area contributed by atoms with E-state index in [4.69, 9.17) is 5.73 Å². The fraction of sp³-hybridized carbons (Fsp3) is 0.250. The van der Waals surface area contributed by atoms with Gasteiger partial charge in [0.15, 0.2) is 0 Å². The van der Waals surface area contributed by atoms with E-state index in [1.54, 1.807) is 0 Å². The van der Waals surface area contributed by atoms with Crippen molar-refractivity contribution >= 4 is 38.4 Å². The summed E-state index contributed by atoms with van der Waals surface area (Å²) in [5, 5.41) is 0. The van der Waals surface area contributed by atoms with Gasteiger partial charge in [0.05, 0.1) is 4.90 Å². The van der Waals surface area contributed by atoms with E-state index in [9.17, 15) is 12.8 Å². The van der Waals surface area contributed by atoms with Crippen molar-refractivity contribution in [3.63, 3.8) is 0 Å². The average molecular weight is 436 g/mol. The third-order valence-corrected chi connectivity index (χ3v) is 6.90. The van der Waals surface area contributed by atoms with Gasteiger partial charge in [0.1, 0.15) is 5.82 Å². The van der Waals surface area contributed by atoms with Crippen LogP contribution in [0, 0.1) is 5.82 Å². The smallest absolute Gasteiger partial charge is 0.244 e. The normalized spacial score (nSPS) is 21.5. The minimum atomic E-state index is -3.80. The Morgan fingerprint density at radius 2 is 1.79 bits per heavy atom. The lowest BCUT2D eigenvalue weighted by Gasteiger charge is -2.17. The van der Waals surface area contributed by atoms with Gasteiger partial charge >= 0.3 is 0 Å². The number of benzene rings is 2. The highest BCUT2D eigenvalue weighted by Crippen LogP contribution is 2.33. The SMILES string of the molecule is Cl.N[C@@H]1CN(S(=O)(=O)c2cc(F)ccc2Br)C[C@H]1c1ccccc1. The third-order valence-electron chi connectivity index (χ3n) is 4.07. The second-order valence-corrected chi connectivity index (χ2v) is 8.34. The number of nitrogens with two attached hydrogens (primary N) is 1. The molecule has 1 saturated heterocycles. The molecule has 2 atom stereocenters. The Kier molecular flexibility index (Phi) is 6.04. The van der Waals surface area contributed by atoms with Crippen LogP contribution < -0.4 is 5.73 Å². The largest absolute Gasteiger partial charge is 0.326 e. The van der Waals surface area contributed by atoms with Crippen molar-refractivity contribution < 1.29 is 12.8 Å². The quantitative estimate of drug-likeness (QED) is 0.806. The highest BCUT2D eigenvalue weighted by molar-refractivity contribution is 9.10. The third kappa shape index (κ3) is 3.65. The van der Waals surface area contributed by atoms with Gasteiger partial charge in [-0.2, -0.15) is 4.31 Å². The van der Waals surface area contributed by atoms with Crippen molar-refractivity contribution in [3.05, 3.63) is 64.4 Å². The summed E-state index contributed by atoms with van der Waals surface area (Å²) in [5.41, 5.74) is 7.16. The Morgan fingerprint density at radius 1 is 1.12 bits per heavy atom.